The summed E-state index contributed by atoms with van der Waals surface area (Å²) >= 11 is 0. The SMILES string of the molecule is CC(CCNC(=O)NCCN1CCN(C)C(C)(C)C1)c1ccccc1. The molecule has 1 fully saturated rings. The molecule has 1 aliphatic rings. The molecule has 0 radical (unpaired) electrons. The highest BCUT2D eigenvalue weighted by Crippen LogP contribution is 2.18. The van der Waals surface area contributed by atoms with Gasteiger partial charge in [0.15, 0.2) is 0 Å². The fraction of sp³-hybridized carbons (Fsp3) is 0.650. The first-order valence-electron chi connectivity index (χ1n) is 9.39. The van der Waals surface area contributed by atoms with Crippen molar-refractivity contribution in [3.63, 3.8) is 0 Å². The summed E-state index contributed by atoms with van der Waals surface area (Å²) in [5, 5.41) is 5.94. The van der Waals surface area contributed by atoms with Crippen molar-refractivity contribution < 1.29 is 4.79 Å². The number of urea groups is 1. The Morgan fingerprint density at radius 3 is 2.52 bits per heavy atom. The lowest BCUT2D eigenvalue weighted by molar-refractivity contribution is 0.0410. The molecule has 0 spiro atoms. The summed E-state index contributed by atoms with van der Waals surface area (Å²) in [5.41, 5.74) is 1.52. The fourth-order valence-corrected chi connectivity index (χ4v) is 3.27. The van der Waals surface area contributed by atoms with Crippen LogP contribution in [0.3, 0.4) is 0 Å². The second kappa shape index (κ2) is 9.20. The van der Waals surface area contributed by atoms with Gasteiger partial charge in [-0.15, -0.1) is 0 Å². The van der Waals surface area contributed by atoms with Crippen LogP contribution in [0.5, 0.6) is 0 Å². The molecule has 5 heteroatoms. The molecule has 2 amide bonds. The molecule has 0 aromatic heterocycles. The highest BCUT2D eigenvalue weighted by molar-refractivity contribution is 5.73. The van der Waals surface area contributed by atoms with Gasteiger partial charge in [-0.2, -0.15) is 0 Å². The van der Waals surface area contributed by atoms with Crippen LogP contribution in [0.15, 0.2) is 30.3 Å². The monoisotopic (exact) mass is 346 g/mol. The maximum atomic E-state index is 11.9. The minimum absolute atomic E-state index is 0.0614. The number of nitrogens with one attached hydrogen (secondary N) is 2. The van der Waals surface area contributed by atoms with E-state index >= 15 is 0 Å². The average molecular weight is 347 g/mol. The van der Waals surface area contributed by atoms with Crippen LogP contribution in [-0.2, 0) is 0 Å². The van der Waals surface area contributed by atoms with E-state index < -0.39 is 0 Å². The van der Waals surface area contributed by atoms with Crippen LogP contribution in [0.2, 0.25) is 0 Å². The summed E-state index contributed by atoms with van der Waals surface area (Å²) in [6.45, 7) is 12.2. The Bertz CT molecular complexity index is 532. The van der Waals surface area contributed by atoms with Gasteiger partial charge in [0.05, 0.1) is 0 Å². The van der Waals surface area contributed by atoms with Gasteiger partial charge in [-0.1, -0.05) is 37.3 Å². The molecule has 1 atom stereocenters. The van der Waals surface area contributed by atoms with Gasteiger partial charge in [0, 0.05) is 44.8 Å². The molecular formula is C20H34N4O. The third-order valence-electron chi connectivity index (χ3n) is 5.34. The van der Waals surface area contributed by atoms with Crippen LogP contribution in [-0.4, -0.2) is 67.7 Å². The number of hydrogen-bond acceptors (Lipinski definition) is 3. The summed E-state index contributed by atoms with van der Waals surface area (Å²) in [6, 6.07) is 10.4. The number of hydrogen-bond donors (Lipinski definition) is 2. The normalized spacial score (nSPS) is 19.4. The van der Waals surface area contributed by atoms with E-state index in [4.69, 9.17) is 0 Å². The summed E-state index contributed by atoms with van der Waals surface area (Å²) in [6.07, 6.45) is 0.948. The van der Waals surface area contributed by atoms with Gasteiger partial charge in [0.2, 0.25) is 0 Å². The van der Waals surface area contributed by atoms with Crippen molar-refractivity contribution in [2.75, 3.05) is 46.3 Å². The standard InChI is InChI=1S/C20H34N4O/c1-17(18-8-6-5-7-9-18)10-11-21-19(25)22-12-13-24-15-14-23(4)20(2,3)16-24/h5-9,17H,10-16H2,1-4H3,(H2,21,22,25). The number of carbonyl (C=O) groups is 1. The van der Waals surface area contributed by atoms with Crippen molar-refractivity contribution in [3.8, 4) is 0 Å². The number of benzene rings is 1. The van der Waals surface area contributed by atoms with Crippen LogP contribution in [0.4, 0.5) is 4.79 Å². The molecule has 5 nitrogen and oxygen atoms in total. The van der Waals surface area contributed by atoms with Crippen LogP contribution in [0.25, 0.3) is 0 Å². The molecule has 1 aromatic carbocycles. The van der Waals surface area contributed by atoms with Gasteiger partial charge in [-0.05, 0) is 38.8 Å². The molecule has 0 aliphatic carbocycles. The molecule has 2 rings (SSSR count). The summed E-state index contributed by atoms with van der Waals surface area (Å²) in [5.74, 6) is 0.453. The Labute approximate surface area is 152 Å². The quantitative estimate of drug-likeness (QED) is 0.797. The van der Waals surface area contributed by atoms with Gasteiger partial charge in [-0.25, -0.2) is 4.79 Å². The summed E-state index contributed by atoms with van der Waals surface area (Å²) < 4.78 is 0. The minimum Gasteiger partial charge on any atom is -0.338 e. The zero-order chi connectivity index (χ0) is 18.3. The highest BCUT2D eigenvalue weighted by Gasteiger charge is 2.30. The Hall–Kier alpha value is -1.59. The lowest BCUT2D eigenvalue weighted by Crippen LogP contribution is -2.58. The van der Waals surface area contributed by atoms with Gasteiger partial charge in [0.1, 0.15) is 0 Å². The van der Waals surface area contributed by atoms with Crippen LogP contribution in [0, 0.1) is 0 Å². The third kappa shape index (κ3) is 6.33. The van der Waals surface area contributed by atoms with Crippen molar-refractivity contribution in [1.82, 2.24) is 20.4 Å². The molecule has 1 heterocycles. The molecule has 2 N–H and O–H groups in total. The number of carbonyl (C=O) groups excluding carboxylic acids is 1. The number of nitrogens with zero attached hydrogens (tertiary/aromatic N) is 2. The first-order chi connectivity index (χ1) is 11.9. The Morgan fingerprint density at radius 1 is 1.16 bits per heavy atom. The van der Waals surface area contributed by atoms with E-state index in [0.717, 1.165) is 32.6 Å². The lowest BCUT2D eigenvalue weighted by atomic mass is 9.98. The average Bonchev–Trinajstić information content (AvgIpc) is 2.58. The van der Waals surface area contributed by atoms with E-state index in [9.17, 15) is 4.79 Å². The first kappa shape index (κ1) is 19.7. The van der Waals surface area contributed by atoms with Crippen molar-refractivity contribution in [1.29, 1.82) is 0 Å². The zero-order valence-electron chi connectivity index (χ0n) is 16.2. The number of rotatable bonds is 7. The van der Waals surface area contributed by atoms with Crippen LogP contribution >= 0.6 is 0 Å². The minimum atomic E-state index is -0.0614. The van der Waals surface area contributed by atoms with Crippen molar-refractivity contribution >= 4 is 6.03 Å². The second-order valence-corrected chi connectivity index (χ2v) is 7.79. The molecule has 25 heavy (non-hydrogen) atoms. The van der Waals surface area contributed by atoms with E-state index in [-0.39, 0.29) is 11.6 Å². The van der Waals surface area contributed by atoms with Gasteiger partial charge in [-0.3, -0.25) is 9.80 Å². The molecule has 140 valence electrons. The molecule has 1 saturated heterocycles. The van der Waals surface area contributed by atoms with E-state index in [1.807, 2.05) is 6.07 Å². The summed E-state index contributed by atoms with van der Waals surface area (Å²) in [7, 11) is 2.18. The Morgan fingerprint density at radius 2 is 1.84 bits per heavy atom. The second-order valence-electron chi connectivity index (χ2n) is 7.79. The first-order valence-corrected chi connectivity index (χ1v) is 9.39. The summed E-state index contributed by atoms with van der Waals surface area (Å²) in [4.78, 5) is 16.8. The molecular weight excluding hydrogens is 312 g/mol. The van der Waals surface area contributed by atoms with E-state index in [0.29, 0.717) is 19.0 Å². The zero-order valence-corrected chi connectivity index (χ0v) is 16.2. The molecule has 1 aromatic rings. The van der Waals surface area contributed by atoms with Crippen molar-refractivity contribution in [3.05, 3.63) is 35.9 Å². The van der Waals surface area contributed by atoms with Crippen molar-refractivity contribution in [2.24, 2.45) is 0 Å². The van der Waals surface area contributed by atoms with E-state index in [1.54, 1.807) is 0 Å². The maximum absolute atomic E-state index is 11.9. The molecule has 0 saturated carbocycles. The predicted molar refractivity (Wildman–Crippen MR) is 104 cm³/mol. The van der Waals surface area contributed by atoms with Gasteiger partial charge >= 0.3 is 6.03 Å². The largest absolute Gasteiger partial charge is 0.338 e. The van der Waals surface area contributed by atoms with Gasteiger partial charge in [0.25, 0.3) is 0 Å². The molecule has 1 unspecified atom stereocenters. The molecule has 0 bridgehead atoms. The number of likely N-dealkylation sites (N-methyl/N-ethyl adjacent to an activating group) is 1. The van der Waals surface area contributed by atoms with E-state index in [1.165, 1.54) is 5.56 Å². The topological polar surface area (TPSA) is 47.6 Å². The highest BCUT2D eigenvalue weighted by atomic mass is 16.2. The predicted octanol–water partition coefficient (Wildman–Crippen LogP) is 2.51. The van der Waals surface area contributed by atoms with Crippen molar-refractivity contribution in [2.45, 2.75) is 38.6 Å². The Kier molecular flexibility index (Phi) is 7.26. The smallest absolute Gasteiger partial charge is 0.314 e. The number of amides is 2. The van der Waals surface area contributed by atoms with Crippen LogP contribution in [0.1, 0.15) is 38.7 Å². The Balaban J connectivity index is 1.58. The van der Waals surface area contributed by atoms with Gasteiger partial charge < -0.3 is 10.6 Å². The maximum Gasteiger partial charge on any atom is 0.314 e. The van der Waals surface area contributed by atoms with Crippen LogP contribution < -0.4 is 10.6 Å². The third-order valence-corrected chi connectivity index (χ3v) is 5.34. The van der Waals surface area contributed by atoms with E-state index in [2.05, 4.69) is 72.5 Å². The lowest BCUT2D eigenvalue weighted by Gasteiger charge is -2.45. The fourth-order valence-electron chi connectivity index (χ4n) is 3.27. The number of piperazine rings is 1. The molecule has 1 aliphatic heterocycles.